The Labute approximate surface area is 166 Å². The number of pyridine rings is 2. The molecule has 0 unspecified atom stereocenters. The van der Waals surface area contributed by atoms with Crippen molar-refractivity contribution in [2.45, 2.75) is 19.3 Å². The van der Waals surface area contributed by atoms with Crippen molar-refractivity contribution < 1.29 is 17.9 Å². The highest BCUT2D eigenvalue weighted by atomic mass is 127. The average Bonchev–Trinajstić information content (AvgIpc) is 2.61. The van der Waals surface area contributed by atoms with Gasteiger partial charge in [0.15, 0.2) is 12.6 Å². The Kier molecular flexibility index (Phi) is 9.10. The van der Waals surface area contributed by atoms with Gasteiger partial charge in [-0.2, -0.15) is 13.2 Å². The van der Waals surface area contributed by atoms with Crippen LogP contribution in [0.5, 0.6) is 5.88 Å². The summed E-state index contributed by atoms with van der Waals surface area (Å²) < 4.78 is 41.1. The van der Waals surface area contributed by atoms with Gasteiger partial charge in [-0.05, 0) is 23.8 Å². The summed E-state index contributed by atoms with van der Waals surface area (Å²) in [7, 11) is 1.62. The van der Waals surface area contributed by atoms with Crippen LogP contribution in [0.15, 0.2) is 47.7 Å². The topological polar surface area (TPSA) is 71.4 Å². The Morgan fingerprint density at radius 3 is 2.54 bits per heavy atom. The summed E-state index contributed by atoms with van der Waals surface area (Å²) in [6.45, 7) is -0.520. The van der Waals surface area contributed by atoms with E-state index < -0.39 is 12.8 Å². The molecule has 2 rings (SSSR count). The normalized spacial score (nSPS) is 11.5. The Morgan fingerprint density at radius 1 is 1.12 bits per heavy atom. The van der Waals surface area contributed by atoms with E-state index >= 15 is 0 Å². The van der Waals surface area contributed by atoms with E-state index in [1.807, 2.05) is 18.2 Å². The highest BCUT2D eigenvalue weighted by Crippen LogP contribution is 2.17. The zero-order chi connectivity index (χ0) is 18.1. The van der Waals surface area contributed by atoms with E-state index in [1.54, 1.807) is 19.3 Å². The van der Waals surface area contributed by atoms with Crippen molar-refractivity contribution in [1.29, 1.82) is 0 Å². The summed E-state index contributed by atoms with van der Waals surface area (Å²) in [5.74, 6) is 0.466. The van der Waals surface area contributed by atoms with E-state index in [-0.39, 0.29) is 29.9 Å². The predicted octanol–water partition coefficient (Wildman–Crippen LogP) is 2.90. The summed E-state index contributed by atoms with van der Waals surface area (Å²) in [5, 5.41) is 6.16. The third-order valence-corrected chi connectivity index (χ3v) is 3.03. The lowest BCUT2D eigenvalue weighted by Crippen LogP contribution is -2.36. The fourth-order valence-electron chi connectivity index (χ4n) is 1.88. The number of aliphatic imine (C=N–C) groups is 1. The molecule has 2 aromatic rings. The minimum absolute atomic E-state index is 0. The first-order valence-electron chi connectivity index (χ1n) is 7.45. The second kappa shape index (κ2) is 10.8. The molecule has 0 atom stereocenters. The zero-order valence-electron chi connectivity index (χ0n) is 14.0. The molecule has 0 amide bonds. The van der Waals surface area contributed by atoms with Gasteiger partial charge in [0.25, 0.3) is 0 Å². The first-order chi connectivity index (χ1) is 12.0. The molecule has 10 heteroatoms. The first-order valence-corrected chi connectivity index (χ1v) is 7.45. The van der Waals surface area contributed by atoms with Gasteiger partial charge in [-0.1, -0.05) is 6.07 Å². The fraction of sp³-hybridized carbons (Fsp3) is 0.312. The second-order valence-corrected chi connectivity index (χ2v) is 5.01. The monoisotopic (exact) mass is 481 g/mol. The van der Waals surface area contributed by atoms with Crippen molar-refractivity contribution in [3.63, 3.8) is 0 Å². The van der Waals surface area contributed by atoms with Crippen LogP contribution in [-0.4, -0.2) is 35.8 Å². The van der Waals surface area contributed by atoms with Crippen LogP contribution < -0.4 is 15.4 Å². The quantitative estimate of drug-likeness (QED) is 0.378. The Morgan fingerprint density at radius 2 is 1.88 bits per heavy atom. The van der Waals surface area contributed by atoms with Crippen molar-refractivity contribution in [1.82, 2.24) is 20.6 Å². The lowest BCUT2D eigenvalue weighted by atomic mass is 10.2. The van der Waals surface area contributed by atoms with E-state index in [2.05, 4.69) is 30.3 Å². The van der Waals surface area contributed by atoms with Gasteiger partial charge < -0.3 is 15.4 Å². The van der Waals surface area contributed by atoms with Gasteiger partial charge in [-0.3, -0.25) is 9.98 Å². The van der Waals surface area contributed by atoms with Crippen molar-refractivity contribution in [2.24, 2.45) is 4.99 Å². The Bertz CT molecular complexity index is 698. The van der Waals surface area contributed by atoms with Crippen molar-refractivity contribution >= 4 is 29.9 Å². The number of nitrogens with zero attached hydrogens (tertiary/aromatic N) is 3. The van der Waals surface area contributed by atoms with E-state index in [0.29, 0.717) is 24.6 Å². The molecule has 142 valence electrons. The van der Waals surface area contributed by atoms with Crippen LogP contribution in [-0.2, 0) is 13.1 Å². The second-order valence-electron chi connectivity index (χ2n) is 5.01. The molecule has 26 heavy (non-hydrogen) atoms. The maximum atomic E-state index is 12.2. The largest absolute Gasteiger partial charge is 0.468 e. The van der Waals surface area contributed by atoms with Crippen LogP contribution in [0.2, 0.25) is 0 Å². The number of alkyl halides is 3. The molecule has 2 N–H and O–H groups in total. The van der Waals surface area contributed by atoms with Crippen LogP contribution in [0.25, 0.3) is 0 Å². The molecule has 0 radical (unpaired) electrons. The molecule has 0 saturated carbocycles. The summed E-state index contributed by atoms with van der Waals surface area (Å²) in [4.78, 5) is 12.0. The Balaban J connectivity index is 0.00000338. The molecule has 0 bridgehead atoms. The molecule has 0 aliphatic heterocycles. The van der Waals surface area contributed by atoms with E-state index in [4.69, 9.17) is 0 Å². The van der Waals surface area contributed by atoms with Crippen LogP contribution in [0.1, 0.15) is 11.3 Å². The maximum absolute atomic E-state index is 12.2. The maximum Gasteiger partial charge on any atom is 0.422 e. The van der Waals surface area contributed by atoms with Gasteiger partial charge in [0, 0.05) is 32.1 Å². The number of rotatable bonds is 6. The predicted molar refractivity (Wildman–Crippen MR) is 102 cm³/mol. The SMILES string of the molecule is CN=C(NCc1ccnc(OCC(F)(F)F)c1)NCc1ccccn1.I. The minimum Gasteiger partial charge on any atom is -0.468 e. The molecule has 2 aromatic heterocycles. The van der Waals surface area contributed by atoms with Crippen LogP contribution in [0.3, 0.4) is 0 Å². The molecule has 6 nitrogen and oxygen atoms in total. The first kappa shape index (κ1) is 21.9. The van der Waals surface area contributed by atoms with Gasteiger partial charge in [-0.15, -0.1) is 24.0 Å². The number of guanidine groups is 1. The lowest BCUT2D eigenvalue weighted by molar-refractivity contribution is -0.154. The summed E-state index contributed by atoms with van der Waals surface area (Å²) in [6, 6.07) is 8.73. The molecule has 0 aliphatic carbocycles. The zero-order valence-corrected chi connectivity index (χ0v) is 16.3. The van der Waals surface area contributed by atoms with Gasteiger partial charge in [0.2, 0.25) is 5.88 Å². The van der Waals surface area contributed by atoms with Crippen molar-refractivity contribution in [3.8, 4) is 5.88 Å². The van der Waals surface area contributed by atoms with Gasteiger partial charge >= 0.3 is 6.18 Å². The lowest BCUT2D eigenvalue weighted by Gasteiger charge is -2.12. The molecule has 0 aliphatic rings. The van der Waals surface area contributed by atoms with Gasteiger partial charge in [-0.25, -0.2) is 4.98 Å². The standard InChI is InChI=1S/C16H18F3N5O.HI/c1-20-15(24-10-13-4-2-3-6-21-13)23-9-12-5-7-22-14(8-12)25-11-16(17,18)19;/h2-8H,9-11H2,1H3,(H2,20,23,24);1H. The van der Waals surface area contributed by atoms with Crippen LogP contribution >= 0.6 is 24.0 Å². The number of hydrogen-bond donors (Lipinski definition) is 2. The van der Waals surface area contributed by atoms with Crippen LogP contribution in [0, 0.1) is 0 Å². The molecule has 0 spiro atoms. The number of ether oxygens (including phenoxy) is 1. The highest BCUT2D eigenvalue weighted by Gasteiger charge is 2.28. The summed E-state index contributed by atoms with van der Waals surface area (Å²) >= 11 is 0. The van der Waals surface area contributed by atoms with E-state index in [0.717, 1.165) is 5.69 Å². The van der Waals surface area contributed by atoms with Crippen LogP contribution in [0.4, 0.5) is 13.2 Å². The number of halogens is 4. The number of hydrogen-bond acceptors (Lipinski definition) is 4. The molecular formula is C16H19F3IN5O. The molecule has 2 heterocycles. The molecule has 0 aromatic carbocycles. The number of nitrogens with one attached hydrogen (secondary N) is 2. The molecule has 0 fully saturated rings. The average molecular weight is 481 g/mol. The summed E-state index contributed by atoms with van der Waals surface area (Å²) in [6.07, 6.45) is -1.30. The number of aromatic nitrogens is 2. The van der Waals surface area contributed by atoms with Gasteiger partial charge in [0.1, 0.15) is 0 Å². The smallest absolute Gasteiger partial charge is 0.422 e. The molecule has 0 saturated heterocycles. The Hall–Kier alpha value is -2.11. The summed E-state index contributed by atoms with van der Waals surface area (Å²) in [5.41, 5.74) is 1.57. The van der Waals surface area contributed by atoms with Crippen molar-refractivity contribution in [3.05, 3.63) is 54.0 Å². The van der Waals surface area contributed by atoms with E-state index in [9.17, 15) is 13.2 Å². The molecular weight excluding hydrogens is 462 g/mol. The fourth-order valence-corrected chi connectivity index (χ4v) is 1.88. The highest BCUT2D eigenvalue weighted by molar-refractivity contribution is 14.0. The van der Waals surface area contributed by atoms with Crippen molar-refractivity contribution in [2.75, 3.05) is 13.7 Å². The third-order valence-electron chi connectivity index (χ3n) is 3.03. The van der Waals surface area contributed by atoms with Gasteiger partial charge in [0.05, 0.1) is 12.2 Å². The minimum atomic E-state index is -4.40. The van der Waals surface area contributed by atoms with E-state index in [1.165, 1.54) is 12.3 Å². The third kappa shape index (κ3) is 8.32.